The number of nitrogens with two attached hydrogens (primary N) is 1. The highest BCUT2D eigenvalue weighted by Crippen LogP contribution is 2.15. The minimum Gasteiger partial charge on any atom is -0.508 e. The number of carbonyl (C=O) groups excluding carboxylic acids is 5. The Balaban J connectivity index is 1.89. The van der Waals surface area contributed by atoms with Gasteiger partial charge in [0.25, 0.3) is 0 Å². The summed E-state index contributed by atoms with van der Waals surface area (Å²) in [6, 6.07) is 7.83. The second-order valence-corrected chi connectivity index (χ2v) is 12.6. The van der Waals surface area contributed by atoms with Crippen molar-refractivity contribution in [2.45, 2.75) is 61.9 Å². The van der Waals surface area contributed by atoms with E-state index < -0.39 is 85.0 Å². The number of hydrogen-bond acceptors (Lipinski definition) is 12. The number of phenolic OH excluding ortho intramolecular Hbond substituents is 3. The van der Waals surface area contributed by atoms with Crippen LogP contribution < -0.4 is 32.3 Å². The zero-order valence-corrected chi connectivity index (χ0v) is 29.9. The molecule has 0 spiro atoms. The van der Waals surface area contributed by atoms with Gasteiger partial charge in [0.15, 0.2) is 0 Å². The summed E-state index contributed by atoms with van der Waals surface area (Å²) >= 11 is 0. The fourth-order valence-electron chi connectivity index (χ4n) is 5.20. The molecule has 5 amide bonds. The Bertz CT molecular complexity index is 1870. The van der Waals surface area contributed by atoms with E-state index in [1.807, 2.05) is 0 Å². The molecule has 56 heavy (non-hydrogen) atoms. The van der Waals surface area contributed by atoms with Gasteiger partial charge in [-0.05, 0) is 53.1 Å². The number of amides is 5. The number of aromatic hydroxyl groups is 3. The van der Waals surface area contributed by atoms with Gasteiger partial charge in [0.05, 0.1) is 19.3 Å². The van der Waals surface area contributed by atoms with Crippen molar-refractivity contribution in [2.75, 3.05) is 13.2 Å². The highest BCUT2D eigenvalue weighted by Gasteiger charge is 2.33. The van der Waals surface area contributed by atoms with Gasteiger partial charge in [-0.3, -0.25) is 24.0 Å². The molecule has 3 rings (SSSR count). The molecule has 3 aromatic rings. The first kappa shape index (κ1) is 43.7. The third-order valence-electron chi connectivity index (χ3n) is 8.31. The van der Waals surface area contributed by atoms with Crippen LogP contribution in [-0.2, 0) is 48.0 Å². The van der Waals surface area contributed by atoms with Crippen LogP contribution in [0.3, 0.4) is 0 Å². The van der Waals surface area contributed by atoms with E-state index in [4.69, 9.17) is 12.2 Å². The maximum absolute atomic E-state index is 13.9. The molecule has 3 aromatic carbocycles. The Hall–Kier alpha value is -6.68. The summed E-state index contributed by atoms with van der Waals surface area (Å²) in [7, 11) is 0. The lowest BCUT2D eigenvalue weighted by atomic mass is 10.0. The summed E-state index contributed by atoms with van der Waals surface area (Å²) in [5.74, 6) is -4.30. The van der Waals surface area contributed by atoms with Crippen LogP contribution in [0.5, 0.6) is 17.2 Å². The Labute approximate surface area is 321 Å². The Morgan fingerprint density at radius 3 is 1.11 bits per heavy atom. The molecule has 18 nitrogen and oxygen atoms in total. The number of aliphatic hydroxyl groups is 2. The molecule has 0 aliphatic heterocycles. The molecule has 0 unspecified atom stereocenters. The van der Waals surface area contributed by atoms with Crippen LogP contribution in [0.2, 0.25) is 0 Å². The van der Waals surface area contributed by atoms with Crippen molar-refractivity contribution in [3.05, 3.63) is 89.5 Å². The van der Waals surface area contributed by atoms with E-state index in [2.05, 4.69) is 32.5 Å². The van der Waals surface area contributed by atoms with Crippen LogP contribution in [0.15, 0.2) is 72.8 Å². The first-order valence-electron chi connectivity index (χ1n) is 17.1. The van der Waals surface area contributed by atoms with Crippen molar-refractivity contribution in [1.29, 1.82) is 0 Å². The summed E-state index contributed by atoms with van der Waals surface area (Å²) in [4.78, 5) is 78.7. The smallest absolute Gasteiger partial charge is 0.328 e. The van der Waals surface area contributed by atoms with E-state index in [0.29, 0.717) is 16.7 Å². The summed E-state index contributed by atoms with van der Waals surface area (Å²) in [6.07, 6.45) is 4.49. The maximum Gasteiger partial charge on any atom is 0.328 e. The molecule has 0 fully saturated rings. The van der Waals surface area contributed by atoms with Gasteiger partial charge >= 0.3 is 5.97 Å². The minimum atomic E-state index is -1.72. The highest BCUT2D eigenvalue weighted by atomic mass is 16.4. The van der Waals surface area contributed by atoms with E-state index in [1.165, 1.54) is 72.8 Å². The topological polar surface area (TPSA) is 310 Å². The van der Waals surface area contributed by atoms with E-state index in [1.54, 1.807) is 0 Å². The Morgan fingerprint density at radius 2 is 0.804 bits per heavy atom. The van der Waals surface area contributed by atoms with E-state index in [9.17, 15) is 59.4 Å². The predicted octanol–water partition coefficient (Wildman–Crippen LogP) is -2.32. The number of phenols is 3. The zero-order valence-electron chi connectivity index (χ0n) is 29.9. The second-order valence-electron chi connectivity index (χ2n) is 12.6. The van der Waals surface area contributed by atoms with Crippen LogP contribution >= 0.6 is 0 Å². The van der Waals surface area contributed by atoms with Gasteiger partial charge in [0.1, 0.15) is 47.5 Å². The molecule has 18 heteroatoms. The molecule has 0 aliphatic rings. The van der Waals surface area contributed by atoms with E-state index in [-0.39, 0.29) is 42.9 Å². The number of hydrogen-bond donors (Lipinski definition) is 12. The normalized spacial score (nSPS) is 14.0. The number of terminal acetylenes is 1. The molecule has 6 atom stereocenters. The largest absolute Gasteiger partial charge is 0.508 e. The average molecular weight is 777 g/mol. The monoisotopic (exact) mass is 776 g/mol. The second kappa shape index (κ2) is 21.3. The number of rotatable bonds is 20. The van der Waals surface area contributed by atoms with Gasteiger partial charge in [-0.1, -0.05) is 36.4 Å². The maximum atomic E-state index is 13.9. The fourth-order valence-corrected chi connectivity index (χ4v) is 5.20. The molecule has 298 valence electrons. The van der Waals surface area contributed by atoms with Gasteiger partial charge in [0.2, 0.25) is 29.5 Å². The highest BCUT2D eigenvalue weighted by molar-refractivity contribution is 5.96. The van der Waals surface area contributed by atoms with E-state index >= 15 is 0 Å². The number of carbonyl (C=O) groups is 6. The van der Waals surface area contributed by atoms with Crippen molar-refractivity contribution in [3.63, 3.8) is 0 Å². The predicted molar refractivity (Wildman–Crippen MR) is 198 cm³/mol. The third-order valence-corrected chi connectivity index (χ3v) is 8.31. The molecule has 0 aromatic heterocycles. The lowest BCUT2D eigenvalue weighted by Crippen LogP contribution is -2.61. The lowest BCUT2D eigenvalue weighted by molar-refractivity contribution is -0.143. The first-order valence-corrected chi connectivity index (χ1v) is 17.1. The summed E-state index contributed by atoms with van der Waals surface area (Å²) in [5.41, 5.74) is 7.15. The van der Waals surface area contributed by atoms with Crippen LogP contribution in [-0.4, -0.2) is 116 Å². The van der Waals surface area contributed by atoms with Crippen molar-refractivity contribution >= 4 is 35.5 Å². The Morgan fingerprint density at radius 1 is 0.518 bits per heavy atom. The van der Waals surface area contributed by atoms with Gasteiger partial charge in [-0.15, -0.1) is 12.3 Å². The average Bonchev–Trinajstić information content (AvgIpc) is 3.17. The van der Waals surface area contributed by atoms with Crippen molar-refractivity contribution < 1.29 is 59.4 Å². The SMILES string of the molecule is C#CC[C@H](N)C(=O)N[C@@H](Cc1ccc(O)cc1)C(=O)N[C@@H](CO)C(=O)N[C@@H](Cc1ccc(O)cc1)C(=O)N[C@@H](Cc1ccc(O)cc1)C(=O)N[C@@H](CO)C(=O)O. The molecular formula is C38H44N6O12. The number of benzene rings is 3. The zero-order chi connectivity index (χ0) is 41.4. The van der Waals surface area contributed by atoms with Gasteiger partial charge in [-0.2, -0.15) is 0 Å². The molecule has 0 saturated carbocycles. The number of carboxylic acid groups (broad SMARTS) is 1. The number of nitrogens with one attached hydrogen (secondary N) is 5. The van der Waals surface area contributed by atoms with Gasteiger partial charge in [-0.25, -0.2) is 4.79 Å². The quantitative estimate of drug-likeness (QED) is 0.0537. The molecular weight excluding hydrogens is 732 g/mol. The fraction of sp³-hybridized carbons (Fsp3) is 0.316. The van der Waals surface area contributed by atoms with Crippen molar-refractivity contribution in [2.24, 2.45) is 5.73 Å². The van der Waals surface area contributed by atoms with Crippen LogP contribution in [0.1, 0.15) is 23.1 Å². The van der Waals surface area contributed by atoms with Gasteiger partial charge < -0.3 is 63.0 Å². The molecule has 0 heterocycles. The molecule has 0 radical (unpaired) electrons. The van der Waals surface area contributed by atoms with Crippen LogP contribution in [0.4, 0.5) is 0 Å². The summed E-state index contributed by atoms with van der Waals surface area (Å²) < 4.78 is 0. The van der Waals surface area contributed by atoms with Crippen LogP contribution in [0.25, 0.3) is 0 Å². The number of carboxylic acids is 1. The summed E-state index contributed by atoms with van der Waals surface area (Å²) in [6.45, 7) is -1.95. The minimum absolute atomic E-state index is 0.0559. The molecule has 13 N–H and O–H groups in total. The third kappa shape index (κ3) is 13.6. The molecule has 0 bridgehead atoms. The van der Waals surface area contributed by atoms with Gasteiger partial charge in [0, 0.05) is 25.7 Å². The first-order chi connectivity index (χ1) is 26.6. The number of aliphatic carboxylic acids is 1. The summed E-state index contributed by atoms with van der Waals surface area (Å²) in [5, 5.41) is 70.1. The van der Waals surface area contributed by atoms with Crippen LogP contribution in [0, 0.1) is 12.3 Å². The van der Waals surface area contributed by atoms with E-state index in [0.717, 1.165) is 0 Å². The standard InChI is InChI=1S/C38H44N6O12/c1-2-3-27(39)33(50)40-28(16-21-4-10-24(47)11-5-21)35(52)43-31(19-45)37(54)42-29(17-22-6-12-25(48)13-7-22)34(51)41-30(18-23-8-14-26(49)15-9-23)36(53)44-32(20-46)38(55)56/h1,4-15,27-32,45-49H,3,16-20,39H2,(H,40,50)(H,41,51)(H,42,54)(H,43,52)(H,44,53)(H,55,56)/t27-,28-,29-,30-,31-,32-/m0/s1. The molecule has 0 aliphatic carbocycles. The molecule has 0 saturated heterocycles. The Kier molecular flexibility index (Phi) is 16.6. The number of aliphatic hydroxyl groups excluding tert-OH is 2. The lowest BCUT2D eigenvalue weighted by Gasteiger charge is -2.27. The van der Waals surface area contributed by atoms with Crippen molar-refractivity contribution in [1.82, 2.24) is 26.6 Å². The van der Waals surface area contributed by atoms with Crippen molar-refractivity contribution in [3.8, 4) is 29.6 Å².